The number of ether oxygens (including phenoxy) is 1. The van der Waals surface area contributed by atoms with Crippen LogP contribution >= 0.6 is 0 Å². The van der Waals surface area contributed by atoms with Crippen molar-refractivity contribution >= 4 is 22.7 Å². The number of carbonyl (C=O) groups is 2. The Morgan fingerprint density at radius 2 is 1.90 bits per heavy atom. The molecular formula is C16H14N2O3. The molecule has 5 nitrogen and oxygen atoms in total. The Labute approximate surface area is 120 Å². The molecule has 21 heavy (non-hydrogen) atoms. The Bertz CT molecular complexity index is 772. The average molecular weight is 282 g/mol. The number of hydrogen-bond donors (Lipinski definition) is 2. The number of Topliss-reactive ketones (excluding diaryl/α,β-unsaturated/α-hetero) is 1. The van der Waals surface area contributed by atoms with Crippen LogP contribution in [0.2, 0.25) is 0 Å². The molecule has 1 aromatic carbocycles. The number of esters is 1. The Hall–Kier alpha value is -2.82. The summed E-state index contributed by atoms with van der Waals surface area (Å²) in [4.78, 5) is 29.4. The van der Waals surface area contributed by atoms with Crippen molar-refractivity contribution in [1.29, 1.82) is 0 Å². The number of aromatic amines is 2. The summed E-state index contributed by atoms with van der Waals surface area (Å²) in [5.41, 5.74) is 2.28. The highest BCUT2D eigenvalue weighted by Gasteiger charge is 2.13. The van der Waals surface area contributed by atoms with Crippen LogP contribution in [-0.4, -0.2) is 28.3 Å². The van der Waals surface area contributed by atoms with Crippen LogP contribution in [0.1, 0.15) is 16.1 Å². The number of nitrogens with one attached hydrogen (secondary N) is 2. The first-order chi connectivity index (χ1) is 10.2. The lowest BCUT2D eigenvalue weighted by atomic mass is 10.1. The first-order valence-electron chi connectivity index (χ1n) is 6.61. The Balaban J connectivity index is 1.60. The zero-order valence-corrected chi connectivity index (χ0v) is 11.3. The van der Waals surface area contributed by atoms with E-state index in [1.54, 1.807) is 24.5 Å². The van der Waals surface area contributed by atoms with E-state index in [1.165, 1.54) is 0 Å². The molecule has 0 atom stereocenters. The second kappa shape index (κ2) is 5.66. The molecule has 0 amide bonds. The Morgan fingerprint density at radius 1 is 1.05 bits per heavy atom. The lowest BCUT2D eigenvalue weighted by Gasteiger charge is -2.03. The predicted molar refractivity (Wildman–Crippen MR) is 78.1 cm³/mol. The number of rotatable bonds is 5. The first kappa shape index (κ1) is 13.2. The van der Waals surface area contributed by atoms with E-state index >= 15 is 0 Å². The number of carbonyl (C=O) groups excluding carboxylic acids is 2. The van der Waals surface area contributed by atoms with Crippen molar-refractivity contribution in [3.63, 3.8) is 0 Å². The van der Waals surface area contributed by atoms with E-state index in [0.29, 0.717) is 5.69 Å². The maximum Gasteiger partial charge on any atom is 0.310 e. The van der Waals surface area contributed by atoms with E-state index in [4.69, 9.17) is 4.74 Å². The van der Waals surface area contributed by atoms with Gasteiger partial charge in [-0.25, -0.2) is 0 Å². The molecule has 0 spiro atoms. The van der Waals surface area contributed by atoms with E-state index in [0.717, 1.165) is 16.5 Å². The maximum atomic E-state index is 11.8. The van der Waals surface area contributed by atoms with Crippen LogP contribution in [0.4, 0.5) is 0 Å². The molecule has 3 rings (SSSR count). The number of ketones is 1. The minimum atomic E-state index is -0.417. The van der Waals surface area contributed by atoms with Crippen LogP contribution in [0.5, 0.6) is 0 Å². The van der Waals surface area contributed by atoms with Crippen LogP contribution in [0.25, 0.3) is 10.9 Å². The second-order valence-electron chi connectivity index (χ2n) is 4.70. The van der Waals surface area contributed by atoms with E-state index in [-0.39, 0.29) is 18.8 Å². The molecule has 0 saturated carbocycles. The number of hydrogen-bond acceptors (Lipinski definition) is 3. The highest BCUT2D eigenvalue weighted by Crippen LogP contribution is 2.18. The van der Waals surface area contributed by atoms with Crippen molar-refractivity contribution in [3.05, 3.63) is 60.0 Å². The summed E-state index contributed by atoms with van der Waals surface area (Å²) in [6.45, 7) is -0.248. The molecule has 0 radical (unpaired) electrons. The third-order valence-electron chi connectivity index (χ3n) is 3.27. The van der Waals surface area contributed by atoms with Gasteiger partial charge in [-0.2, -0.15) is 0 Å². The van der Waals surface area contributed by atoms with Crippen molar-refractivity contribution in [1.82, 2.24) is 9.97 Å². The molecule has 0 aliphatic rings. The second-order valence-corrected chi connectivity index (χ2v) is 4.70. The SMILES string of the molecule is O=C(Cc1c[nH]c2ccccc12)OCC(=O)c1ccc[nH]1. The molecule has 0 fully saturated rings. The molecule has 0 bridgehead atoms. The molecule has 0 aliphatic heterocycles. The van der Waals surface area contributed by atoms with Crippen LogP contribution in [-0.2, 0) is 16.0 Å². The van der Waals surface area contributed by atoms with Gasteiger partial charge in [-0.3, -0.25) is 9.59 Å². The van der Waals surface area contributed by atoms with Gasteiger partial charge >= 0.3 is 5.97 Å². The summed E-state index contributed by atoms with van der Waals surface area (Å²) in [7, 11) is 0. The number of para-hydroxylation sites is 1. The van der Waals surface area contributed by atoms with Crippen LogP contribution in [0, 0.1) is 0 Å². The molecule has 2 heterocycles. The molecule has 2 aromatic heterocycles. The third kappa shape index (κ3) is 2.86. The summed E-state index contributed by atoms with van der Waals surface area (Å²) < 4.78 is 5.03. The molecular weight excluding hydrogens is 268 g/mol. The largest absolute Gasteiger partial charge is 0.457 e. The number of H-pyrrole nitrogens is 2. The van der Waals surface area contributed by atoms with Crippen molar-refractivity contribution in [3.8, 4) is 0 Å². The van der Waals surface area contributed by atoms with E-state index < -0.39 is 5.97 Å². The van der Waals surface area contributed by atoms with Crippen LogP contribution in [0.15, 0.2) is 48.8 Å². The lowest BCUT2D eigenvalue weighted by Crippen LogP contribution is -2.15. The number of benzene rings is 1. The molecule has 0 saturated heterocycles. The zero-order valence-electron chi connectivity index (χ0n) is 11.3. The monoisotopic (exact) mass is 282 g/mol. The van der Waals surface area contributed by atoms with Gasteiger partial charge in [0.2, 0.25) is 5.78 Å². The molecule has 3 aromatic rings. The van der Waals surface area contributed by atoms with E-state index in [2.05, 4.69) is 9.97 Å². The minimum absolute atomic E-state index is 0.141. The Morgan fingerprint density at radius 3 is 2.71 bits per heavy atom. The normalized spacial score (nSPS) is 10.7. The van der Waals surface area contributed by atoms with E-state index in [9.17, 15) is 9.59 Å². The van der Waals surface area contributed by atoms with Gasteiger partial charge in [0, 0.05) is 23.3 Å². The summed E-state index contributed by atoms with van der Waals surface area (Å²) in [6, 6.07) is 11.1. The van der Waals surface area contributed by atoms with Crippen molar-refractivity contribution in [2.75, 3.05) is 6.61 Å². The summed E-state index contributed by atoms with van der Waals surface area (Å²) in [5.74, 6) is -0.660. The number of fused-ring (bicyclic) bond motifs is 1. The van der Waals surface area contributed by atoms with Gasteiger partial charge in [-0.1, -0.05) is 18.2 Å². The molecule has 0 unspecified atom stereocenters. The van der Waals surface area contributed by atoms with Gasteiger partial charge in [0.1, 0.15) is 0 Å². The molecule has 5 heteroatoms. The highest BCUT2D eigenvalue weighted by molar-refractivity contribution is 5.96. The first-order valence-corrected chi connectivity index (χ1v) is 6.61. The maximum absolute atomic E-state index is 11.8. The Kier molecular flexibility index (Phi) is 3.55. The minimum Gasteiger partial charge on any atom is -0.457 e. The fourth-order valence-electron chi connectivity index (χ4n) is 2.21. The summed E-state index contributed by atoms with van der Waals surface area (Å²) >= 11 is 0. The zero-order chi connectivity index (χ0) is 14.7. The molecule has 0 aliphatic carbocycles. The fourth-order valence-corrected chi connectivity index (χ4v) is 2.21. The predicted octanol–water partition coefficient (Wildman–Crippen LogP) is 2.46. The van der Waals surface area contributed by atoms with Gasteiger partial charge in [0.15, 0.2) is 6.61 Å². The summed E-state index contributed by atoms with van der Waals surface area (Å²) in [5, 5.41) is 0.991. The topological polar surface area (TPSA) is 75.0 Å². The van der Waals surface area contributed by atoms with Gasteiger partial charge in [-0.15, -0.1) is 0 Å². The highest BCUT2D eigenvalue weighted by atomic mass is 16.5. The van der Waals surface area contributed by atoms with Gasteiger partial charge < -0.3 is 14.7 Å². The van der Waals surface area contributed by atoms with Crippen molar-refractivity contribution in [2.45, 2.75) is 6.42 Å². The van der Waals surface area contributed by atoms with Gasteiger partial charge in [0.25, 0.3) is 0 Å². The third-order valence-corrected chi connectivity index (χ3v) is 3.27. The number of aromatic nitrogens is 2. The smallest absolute Gasteiger partial charge is 0.310 e. The van der Waals surface area contributed by atoms with E-state index in [1.807, 2.05) is 24.3 Å². The molecule has 2 N–H and O–H groups in total. The van der Waals surface area contributed by atoms with Crippen LogP contribution < -0.4 is 0 Å². The molecule has 106 valence electrons. The van der Waals surface area contributed by atoms with Crippen molar-refractivity contribution < 1.29 is 14.3 Å². The fraction of sp³-hybridized carbons (Fsp3) is 0.125. The van der Waals surface area contributed by atoms with Gasteiger partial charge in [-0.05, 0) is 23.8 Å². The lowest BCUT2D eigenvalue weighted by molar-refractivity contribution is -0.141. The van der Waals surface area contributed by atoms with Gasteiger partial charge in [0.05, 0.1) is 12.1 Å². The average Bonchev–Trinajstić information content (AvgIpc) is 3.15. The quantitative estimate of drug-likeness (QED) is 0.557. The van der Waals surface area contributed by atoms with Crippen LogP contribution in [0.3, 0.4) is 0 Å². The van der Waals surface area contributed by atoms with Crippen molar-refractivity contribution in [2.24, 2.45) is 0 Å². The summed E-state index contributed by atoms with van der Waals surface area (Å²) in [6.07, 6.45) is 3.59. The standard InChI is InChI=1S/C16H14N2O3/c19-15(14-6-3-7-17-14)10-21-16(20)8-11-9-18-13-5-2-1-4-12(11)13/h1-7,9,17-18H,8,10H2.